The molecule has 0 unspecified atom stereocenters. The number of carbonyl (C=O) groups excluding carboxylic acids is 1. The highest BCUT2D eigenvalue weighted by atomic mass is 32.2. The Morgan fingerprint density at radius 3 is 2.17 bits per heavy atom. The number of rotatable bonds is 2. The van der Waals surface area contributed by atoms with Crippen molar-refractivity contribution in [2.75, 3.05) is 26.2 Å². The van der Waals surface area contributed by atoms with Crippen LogP contribution in [-0.4, -0.2) is 65.7 Å². The third-order valence-corrected chi connectivity index (χ3v) is 5.71. The van der Waals surface area contributed by atoms with Gasteiger partial charge in [-0.1, -0.05) is 0 Å². The number of amides is 1. The molecule has 1 saturated heterocycles. The number of nitrogens with zero attached hydrogens (tertiary/aromatic N) is 3. The maximum Gasteiger partial charge on any atom is 0.410 e. The molecule has 2 rings (SSSR count). The molecule has 0 spiro atoms. The summed E-state index contributed by atoms with van der Waals surface area (Å²) < 4.78 is 32.2. The number of hydrogen-bond acceptors (Lipinski definition) is 5. The predicted molar refractivity (Wildman–Crippen MR) is 84.6 cm³/mol. The molecule has 0 aromatic carbocycles. The van der Waals surface area contributed by atoms with Crippen molar-refractivity contribution in [1.29, 1.82) is 0 Å². The van der Waals surface area contributed by atoms with E-state index in [1.165, 1.54) is 9.21 Å². The Kier molecular flexibility index (Phi) is 4.72. The second-order valence-corrected chi connectivity index (χ2v) is 8.51. The largest absolute Gasteiger partial charge is 0.444 e. The first-order valence-electron chi connectivity index (χ1n) is 7.52. The Hall–Kier alpha value is -1.61. The van der Waals surface area contributed by atoms with Crippen molar-refractivity contribution in [3.8, 4) is 0 Å². The zero-order valence-electron chi connectivity index (χ0n) is 14.2. The van der Waals surface area contributed by atoms with E-state index in [2.05, 4.69) is 10.2 Å². The van der Waals surface area contributed by atoms with Crippen molar-refractivity contribution in [1.82, 2.24) is 19.4 Å². The highest BCUT2D eigenvalue weighted by molar-refractivity contribution is 7.89. The van der Waals surface area contributed by atoms with E-state index in [0.29, 0.717) is 24.5 Å². The molecule has 2 heterocycles. The molecule has 23 heavy (non-hydrogen) atoms. The van der Waals surface area contributed by atoms with Gasteiger partial charge in [0.1, 0.15) is 10.5 Å². The van der Waals surface area contributed by atoms with Gasteiger partial charge in [-0.15, -0.1) is 0 Å². The van der Waals surface area contributed by atoms with Crippen LogP contribution in [0.1, 0.15) is 32.2 Å². The number of piperazine rings is 1. The fourth-order valence-electron chi connectivity index (χ4n) is 2.49. The minimum absolute atomic E-state index is 0.225. The molecule has 0 bridgehead atoms. The lowest BCUT2D eigenvalue weighted by molar-refractivity contribution is 0.0192. The summed E-state index contributed by atoms with van der Waals surface area (Å²) in [4.78, 5) is 13.8. The fraction of sp³-hybridized carbons (Fsp3) is 0.714. The maximum atomic E-state index is 12.7. The van der Waals surface area contributed by atoms with Crippen LogP contribution in [0.4, 0.5) is 4.79 Å². The molecule has 1 aliphatic rings. The number of sulfonamides is 1. The monoisotopic (exact) mass is 344 g/mol. The second-order valence-electron chi connectivity index (χ2n) is 6.63. The van der Waals surface area contributed by atoms with Crippen molar-refractivity contribution in [2.24, 2.45) is 0 Å². The minimum Gasteiger partial charge on any atom is -0.444 e. The van der Waals surface area contributed by atoms with E-state index in [0.717, 1.165) is 0 Å². The lowest BCUT2D eigenvalue weighted by Crippen LogP contribution is -2.51. The molecule has 0 saturated carbocycles. The molecule has 1 aliphatic heterocycles. The third kappa shape index (κ3) is 3.84. The molecule has 8 nitrogen and oxygen atoms in total. The van der Waals surface area contributed by atoms with Gasteiger partial charge in [0.05, 0.1) is 11.4 Å². The van der Waals surface area contributed by atoms with Crippen molar-refractivity contribution >= 4 is 16.1 Å². The summed E-state index contributed by atoms with van der Waals surface area (Å²) in [6.07, 6.45) is -0.412. The van der Waals surface area contributed by atoms with Crippen LogP contribution in [0.25, 0.3) is 0 Å². The zero-order valence-corrected chi connectivity index (χ0v) is 15.0. The Balaban J connectivity index is 2.06. The van der Waals surface area contributed by atoms with Gasteiger partial charge in [0.15, 0.2) is 0 Å². The van der Waals surface area contributed by atoms with Crippen molar-refractivity contribution in [3.05, 3.63) is 11.4 Å². The van der Waals surface area contributed by atoms with Crippen molar-refractivity contribution < 1.29 is 17.9 Å². The van der Waals surface area contributed by atoms with Gasteiger partial charge in [-0.2, -0.15) is 9.40 Å². The smallest absolute Gasteiger partial charge is 0.410 e. The number of aromatic amines is 1. The molecular weight excluding hydrogens is 320 g/mol. The van der Waals surface area contributed by atoms with Gasteiger partial charge in [0.2, 0.25) is 10.0 Å². The van der Waals surface area contributed by atoms with Crippen LogP contribution in [-0.2, 0) is 14.8 Å². The topological polar surface area (TPSA) is 95.6 Å². The van der Waals surface area contributed by atoms with E-state index in [4.69, 9.17) is 4.74 Å². The van der Waals surface area contributed by atoms with Crippen LogP contribution in [0.5, 0.6) is 0 Å². The van der Waals surface area contributed by atoms with Crippen LogP contribution in [0.15, 0.2) is 4.90 Å². The number of carbonyl (C=O) groups is 1. The highest BCUT2D eigenvalue weighted by Gasteiger charge is 2.34. The molecule has 1 aromatic heterocycles. The molecule has 9 heteroatoms. The molecule has 1 fully saturated rings. The average molecular weight is 344 g/mol. The van der Waals surface area contributed by atoms with E-state index in [1.807, 2.05) is 0 Å². The number of ether oxygens (including phenoxy) is 1. The van der Waals surface area contributed by atoms with Gasteiger partial charge in [0, 0.05) is 26.2 Å². The minimum atomic E-state index is -3.60. The zero-order chi connectivity index (χ0) is 17.4. The summed E-state index contributed by atoms with van der Waals surface area (Å²) >= 11 is 0. The summed E-state index contributed by atoms with van der Waals surface area (Å²) in [5.41, 5.74) is 0.417. The lowest BCUT2D eigenvalue weighted by atomic mass is 10.2. The standard InChI is InChI=1S/C14H24N4O4S/c1-10-12(11(2)16-15-10)23(20,21)18-8-6-17(7-9-18)13(19)22-14(3,4)5/h6-9H2,1-5H3,(H,15,16). The molecule has 1 amide bonds. The van der Waals surface area contributed by atoms with Gasteiger partial charge < -0.3 is 9.64 Å². The van der Waals surface area contributed by atoms with Crippen molar-refractivity contribution in [3.63, 3.8) is 0 Å². The SMILES string of the molecule is Cc1n[nH]c(C)c1S(=O)(=O)N1CCN(C(=O)OC(C)(C)C)CC1. The molecular formula is C14H24N4O4S. The Morgan fingerprint density at radius 1 is 1.17 bits per heavy atom. The van der Waals surface area contributed by atoms with Gasteiger partial charge in [-0.3, -0.25) is 5.10 Å². The summed E-state index contributed by atoms with van der Waals surface area (Å²) in [5.74, 6) is 0. The number of aromatic nitrogens is 2. The molecule has 1 aromatic rings. The van der Waals surface area contributed by atoms with Crippen LogP contribution >= 0.6 is 0 Å². The van der Waals surface area contributed by atoms with Crippen LogP contribution in [0.3, 0.4) is 0 Å². The van der Waals surface area contributed by atoms with E-state index in [-0.39, 0.29) is 18.0 Å². The number of aryl methyl sites for hydroxylation is 2. The summed E-state index contributed by atoms with van der Waals surface area (Å²) in [6.45, 7) is 9.85. The molecule has 0 aliphatic carbocycles. The van der Waals surface area contributed by atoms with Gasteiger partial charge in [-0.05, 0) is 34.6 Å². The normalized spacial score (nSPS) is 17.3. The first-order valence-corrected chi connectivity index (χ1v) is 8.96. The summed E-state index contributed by atoms with van der Waals surface area (Å²) in [6, 6.07) is 0. The molecule has 0 radical (unpaired) electrons. The van der Waals surface area contributed by atoms with E-state index in [1.54, 1.807) is 34.6 Å². The van der Waals surface area contributed by atoms with Gasteiger partial charge in [0.25, 0.3) is 0 Å². The maximum absolute atomic E-state index is 12.7. The summed E-state index contributed by atoms with van der Waals surface area (Å²) in [5, 5.41) is 6.64. The first kappa shape index (κ1) is 17.7. The Bertz CT molecular complexity index is 663. The van der Waals surface area contributed by atoms with E-state index < -0.39 is 21.7 Å². The average Bonchev–Trinajstić information content (AvgIpc) is 2.77. The van der Waals surface area contributed by atoms with Gasteiger partial charge >= 0.3 is 6.09 Å². The lowest BCUT2D eigenvalue weighted by Gasteiger charge is -2.34. The quantitative estimate of drug-likeness (QED) is 0.871. The van der Waals surface area contributed by atoms with Crippen LogP contribution in [0, 0.1) is 13.8 Å². The number of hydrogen-bond donors (Lipinski definition) is 1. The summed E-state index contributed by atoms with van der Waals surface area (Å²) in [7, 11) is -3.60. The number of nitrogens with one attached hydrogen (secondary N) is 1. The molecule has 1 N–H and O–H groups in total. The predicted octanol–water partition coefficient (Wildman–Crippen LogP) is 1.27. The third-order valence-electron chi connectivity index (χ3n) is 3.55. The van der Waals surface area contributed by atoms with E-state index in [9.17, 15) is 13.2 Å². The van der Waals surface area contributed by atoms with Gasteiger partial charge in [-0.25, -0.2) is 13.2 Å². The highest BCUT2D eigenvalue weighted by Crippen LogP contribution is 2.23. The van der Waals surface area contributed by atoms with Crippen molar-refractivity contribution in [2.45, 2.75) is 45.1 Å². The number of H-pyrrole nitrogens is 1. The van der Waals surface area contributed by atoms with Crippen LogP contribution < -0.4 is 0 Å². The fourth-order valence-corrected chi connectivity index (χ4v) is 4.24. The van der Waals surface area contributed by atoms with Crippen LogP contribution in [0.2, 0.25) is 0 Å². The Labute approximate surface area is 136 Å². The molecule has 0 atom stereocenters. The first-order chi connectivity index (χ1) is 10.5. The van der Waals surface area contributed by atoms with E-state index >= 15 is 0 Å². The Morgan fingerprint density at radius 2 is 1.74 bits per heavy atom. The second kappa shape index (κ2) is 6.12. The molecule has 130 valence electrons.